The molecule has 1 N–H and O–H groups in total. The number of nitrogens with one attached hydrogen (secondary N) is 1. The minimum Gasteiger partial charge on any atom is -0.373 e. The molecule has 3 atom stereocenters. The van der Waals surface area contributed by atoms with E-state index in [-0.39, 0.29) is 29.1 Å². The lowest BCUT2D eigenvalue weighted by Gasteiger charge is -2.34. The van der Waals surface area contributed by atoms with Gasteiger partial charge in [0.2, 0.25) is 10.0 Å². The summed E-state index contributed by atoms with van der Waals surface area (Å²) >= 11 is 0. The van der Waals surface area contributed by atoms with Gasteiger partial charge in [-0.2, -0.15) is 4.31 Å². The van der Waals surface area contributed by atoms with Gasteiger partial charge >= 0.3 is 0 Å². The predicted molar refractivity (Wildman–Crippen MR) is 108 cm³/mol. The number of benzene rings is 2. The van der Waals surface area contributed by atoms with E-state index in [4.69, 9.17) is 4.74 Å². The van der Waals surface area contributed by atoms with Gasteiger partial charge < -0.3 is 10.1 Å². The molecule has 7 heteroatoms. The topological polar surface area (TPSA) is 75.7 Å². The first-order chi connectivity index (χ1) is 13.3. The predicted octanol–water partition coefficient (Wildman–Crippen LogP) is 2.98. The highest BCUT2D eigenvalue weighted by atomic mass is 32.2. The summed E-state index contributed by atoms with van der Waals surface area (Å²) in [6.07, 6.45) is -0.300. The number of amides is 1. The second-order valence-electron chi connectivity index (χ2n) is 7.21. The fourth-order valence-corrected chi connectivity index (χ4v) is 4.95. The van der Waals surface area contributed by atoms with Crippen LogP contribution < -0.4 is 5.32 Å². The Bertz CT molecular complexity index is 903. The van der Waals surface area contributed by atoms with Crippen LogP contribution in [0, 0.1) is 0 Å². The van der Waals surface area contributed by atoms with Crippen molar-refractivity contribution in [2.45, 2.75) is 43.9 Å². The minimum atomic E-state index is -3.61. The van der Waals surface area contributed by atoms with Crippen molar-refractivity contribution in [2.75, 3.05) is 13.1 Å². The van der Waals surface area contributed by atoms with Crippen molar-refractivity contribution in [2.24, 2.45) is 0 Å². The van der Waals surface area contributed by atoms with Crippen molar-refractivity contribution < 1.29 is 17.9 Å². The number of carbonyl (C=O) groups is 1. The summed E-state index contributed by atoms with van der Waals surface area (Å²) < 4.78 is 32.8. The van der Waals surface area contributed by atoms with Crippen molar-refractivity contribution in [3.05, 3.63) is 65.7 Å². The van der Waals surface area contributed by atoms with E-state index in [1.165, 1.54) is 16.4 Å². The maximum absolute atomic E-state index is 12.9. The number of nitrogens with zero attached hydrogens (tertiary/aromatic N) is 1. The Hall–Kier alpha value is -2.22. The van der Waals surface area contributed by atoms with Crippen LogP contribution in [0.4, 0.5) is 0 Å². The van der Waals surface area contributed by atoms with Crippen molar-refractivity contribution in [1.29, 1.82) is 0 Å². The second-order valence-corrected chi connectivity index (χ2v) is 9.15. The van der Waals surface area contributed by atoms with Crippen molar-refractivity contribution >= 4 is 15.9 Å². The molecule has 0 unspecified atom stereocenters. The molecule has 3 rings (SSSR count). The van der Waals surface area contributed by atoms with Crippen LogP contribution in [-0.4, -0.2) is 43.9 Å². The van der Waals surface area contributed by atoms with Crippen LogP contribution in [0.15, 0.2) is 59.5 Å². The van der Waals surface area contributed by atoms with Gasteiger partial charge in [0.05, 0.1) is 23.1 Å². The molecule has 0 aromatic heterocycles. The Kier molecular flexibility index (Phi) is 6.17. The van der Waals surface area contributed by atoms with Crippen LogP contribution in [0.25, 0.3) is 0 Å². The fourth-order valence-electron chi connectivity index (χ4n) is 3.36. The molecular formula is C21H26N2O4S. The zero-order valence-corrected chi connectivity index (χ0v) is 17.1. The number of ether oxygens (including phenoxy) is 1. The zero-order valence-electron chi connectivity index (χ0n) is 16.3. The largest absolute Gasteiger partial charge is 0.373 e. The molecule has 2 aromatic carbocycles. The normalized spacial score (nSPS) is 21.8. The molecule has 150 valence electrons. The Balaban J connectivity index is 1.71. The third-order valence-corrected chi connectivity index (χ3v) is 6.63. The molecule has 0 spiro atoms. The second kappa shape index (κ2) is 8.43. The zero-order chi connectivity index (χ0) is 20.3. The van der Waals surface area contributed by atoms with Crippen LogP contribution in [0.3, 0.4) is 0 Å². The van der Waals surface area contributed by atoms with Crippen LogP contribution in [0.2, 0.25) is 0 Å². The lowest BCUT2D eigenvalue weighted by atomic mass is 10.1. The Morgan fingerprint density at radius 2 is 1.61 bits per heavy atom. The molecule has 0 bridgehead atoms. The Morgan fingerprint density at radius 1 is 1.04 bits per heavy atom. The Labute approximate surface area is 166 Å². The fraction of sp³-hybridized carbons (Fsp3) is 0.381. The molecule has 0 saturated carbocycles. The molecule has 0 radical (unpaired) electrons. The molecule has 6 nitrogen and oxygen atoms in total. The van der Waals surface area contributed by atoms with Gasteiger partial charge in [0.25, 0.3) is 5.91 Å². The first-order valence-corrected chi connectivity index (χ1v) is 10.8. The third kappa shape index (κ3) is 4.60. The minimum absolute atomic E-state index is 0.145. The SMILES string of the molecule is C[C@@H]1CN(S(=O)(=O)c2ccc(C(=O)N[C@@H](C)c3ccccc3)cc2)C[C@@H](C)O1. The number of hydrogen-bond acceptors (Lipinski definition) is 4. The van der Waals surface area contributed by atoms with Crippen LogP contribution in [0.5, 0.6) is 0 Å². The van der Waals surface area contributed by atoms with Crippen LogP contribution in [0.1, 0.15) is 42.7 Å². The lowest BCUT2D eigenvalue weighted by Crippen LogP contribution is -2.48. The first-order valence-electron chi connectivity index (χ1n) is 9.39. The van der Waals surface area contributed by atoms with Crippen molar-refractivity contribution in [3.8, 4) is 0 Å². The highest BCUT2D eigenvalue weighted by Gasteiger charge is 2.32. The monoisotopic (exact) mass is 402 g/mol. The highest BCUT2D eigenvalue weighted by molar-refractivity contribution is 7.89. The van der Waals surface area contributed by atoms with Gasteiger partial charge in [-0.1, -0.05) is 30.3 Å². The molecule has 1 saturated heterocycles. The molecule has 28 heavy (non-hydrogen) atoms. The van der Waals surface area contributed by atoms with Gasteiger partial charge in [0.15, 0.2) is 0 Å². The van der Waals surface area contributed by atoms with Crippen LogP contribution in [-0.2, 0) is 14.8 Å². The number of morpholine rings is 1. The summed E-state index contributed by atoms with van der Waals surface area (Å²) in [5.74, 6) is -0.242. The summed E-state index contributed by atoms with van der Waals surface area (Å²) in [7, 11) is -3.61. The molecule has 0 aliphatic carbocycles. The van der Waals surface area contributed by atoms with Crippen molar-refractivity contribution in [3.63, 3.8) is 0 Å². The van der Waals surface area contributed by atoms with E-state index in [0.29, 0.717) is 18.7 Å². The first kappa shape index (κ1) is 20.5. The summed E-state index contributed by atoms with van der Waals surface area (Å²) in [5.41, 5.74) is 1.43. The van der Waals surface area contributed by atoms with Gasteiger partial charge in [-0.15, -0.1) is 0 Å². The molecule has 2 aromatic rings. The maximum Gasteiger partial charge on any atom is 0.251 e. The average molecular weight is 403 g/mol. The highest BCUT2D eigenvalue weighted by Crippen LogP contribution is 2.22. The third-order valence-electron chi connectivity index (χ3n) is 4.79. The van der Waals surface area contributed by atoms with E-state index < -0.39 is 10.0 Å². The molecular weight excluding hydrogens is 376 g/mol. The smallest absolute Gasteiger partial charge is 0.251 e. The Morgan fingerprint density at radius 3 is 2.18 bits per heavy atom. The van der Waals surface area contributed by atoms with E-state index in [1.807, 2.05) is 51.1 Å². The quantitative estimate of drug-likeness (QED) is 0.834. The molecule has 1 heterocycles. The molecule has 1 aliphatic rings. The lowest BCUT2D eigenvalue weighted by molar-refractivity contribution is -0.0440. The van der Waals surface area contributed by atoms with E-state index in [1.54, 1.807) is 12.1 Å². The standard InChI is InChI=1S/C21H26N2O4S/c1-15-13-23(14-16(2)27-15)28(25,26)20-11-9-19(10-12-20)21(24)22-17(3)18-7-5-4-6-8-18/h4-12,15-17H,13-14H2,1-3H3,(H,22,24)/t15-,16-,17+/m1/s1. The van der Waals surface area contributed by atoms with E-state index in [0.717, 1.165) is 5.56 Å². The number of carbonyl (C=O) groups excluding carboxylic acids is 1. The summed E-state index contributed by atoms with van der Waals surface area (Å²) in [6.45, 7) is 6.28. The number of rotatable bonds is 5. The number of hydrogen-bond donors (Lipinski definition) is 1. The van der Waals surface area contributed by atoms with Gasteiger partial charge in [0, 0.05) is 18.7 Å². The van der Waals surface area contributed by atoms with Gasteiger partial charge in [-0.05, 0) is 50.6 Å². The van der Waals surface area contributed by atoms with Gasteiger partial charge in [0.1, 0.15) is 0 Å². The summed E-state index contributed by atoms with van der Waals surface area (Å²) in [5, 5.41) is 2.93. The van der Waals surface area contributed by atoms with E-state index in [2.05, 4.69) is 5.32 Å². The molecule has 1 fully saturated rings. The van der Waals surface area contributed by atoms with Crippen LogP contribution >= 0.6 is 0 Å². The van der Waals surface area contributed by atoms with Gasteiger partial charge in [-0.25, -0.2) is 8.42 Å². The van der Waals surface area contributed by atoms with E-state index >= 15 is 0 Å². The summed E-state index contributed by atoms with van der Waals surface area (Å²) in [6, 6.07) is 15.6. The maximum atomic E-state index is 12.9. The average Bonchev–Trinajstić information content (AvgIpc) is 2.68. The molecule has 1 amide bonds. The van der Waals surface area contributed by atoms with E-state index in [9.17, 15) is 13.2 Å². The molecule has 1 aliphatic heterocycles. The number of sulfonamides is 1. The van der Waals surface area contributed by atoms with Gasteiger partial charge in [-0.3, -0.25) is 4.79 Å². The van der Waals surface area contributed by atoms with Crippen molar-refractivity contribution in [1.82, 2.24) is 9.62 Å². The summed E-state index contributed by atoms with van der Waals surface area (Å²) in [4.78, 5) is 12.7.